The predicted octanol–water partition coefficient (Wildman–Crippen LogP) is 2.04. The van der Waals surface area contributed by atoms with Gasteiger partial charge in [0.15, 0.2) is 5.96 Å². The molecule has 0 heterocycles. The summed E-state index contributed by atoms with van der Waals surface area (Å²) in [5.41, 5.74) is -0.249. The molecular weight excluding hydrogens is 321 g/mol. The summed E-state index contributed by atoms with van der Waals surface area (Å²) in [6.07, 6.45) is -2.35. The Balaban J connectivity index is 1.93. The van der Waals surface area contributed by atoms with Crippen molar-refractivity contribution >= 4 is 11.9 Å². The average molecular weight is 342 g/mol. The van der Waals surface area contributed by atoms with E-state index in [1.165, 1.54) is 6.07 Å². The number of hydrogen-bond acceptors (Lipinski definition) is 2. The van der Waals surface area contributed by atoms with Crippen LogP contribution in [0.1, 0.15) is 30.9 Å². The van der Waals surface area contributed by atoms with E-state index < -0.39 is 11.7 Å². The van der Waals surface area contributed by atoms with Crippen molar-refractivity contribution in [3.05, 3.63) is 35.4 Å². The normalized spacial score (nSPS) is 15.1. The Morgan fingerprint density at radius 2 is 2.04 bits per heavy atom. The van der Waals surface area contributed by atoms with Crippen LogP contribution in [0, 0.1) is 0 Å². The van der Waals surface area contributed by atoms with Gasteiger partial charge < -0.3 is 16.0 Å². The highest BCUT2D eigenvalue weighted by Crippen LogP contribution is 2.29. The van der Waals surface area contributed by atoms with Crippen LogP contribution in [-0.4, -0.2) is 31.0 Å². The third kappa shape index (κ3) is 6.10. The van der Waals surface area contributed by atoms with Crippen molar-refractivity contribution in [3.63, 3.8) is 0 Å². The van der Waals surface area contributed by atoms with Gasteiger partial charge in [-0.3, -0.25) is 4.79 Å². The molecule has 132 valence electrons. The highest BCUT2D eigenvalue weighted by atomic mass is 19.4. The lowest BCUT2D eigenvalue weighted by molar-refractivity contribution is -0.137. The Bertz CT molecular complexity index is 597. The third-order valence-electron chi connectivity index (χ3n) is 3.38. The average Bonchev–Trinajstić information content (AvgIpc) is 3.33. The molecule has 0 bridgehead atoms. The van der Waals surface area contributed by atoms with Crippen LogP contribution in [0.4, 0.5) is 13.2 Å². The Morgan fingerprint density at radius 1 is 1.29 bits per heavy atom. The first-order valence-corrected chi connectivity index (χ1v) is 7.86. The number of guanidine groups is 1. The molecule has 1 amide bonds. The van der Waals surface area contributed by atoms with Gasteiger partial charge in [-0.15, -0.1) is 0 Å². The van der Waals surface area contributed by atoms with E-state index in [0.29, 0.717) is 18.1 Å². The van der Waals surface area contributed by atoms with Crippen LogP contribution in [0.3, 0.4) is 0 Å². The molecule has 8 heteroatoms. The van der Waals surface area contributed by atoms with Crippen molar-refractivity contribution in [1.29, 1.82) is 0 Å². The van der Waals surface area contributed by atoms with E-state index in [1.54, 1.807) is 6.07 Å². The van der Waals surface area contributed by atoms with Crippen molar-refractivity contribution in [3.8, 4) is 0 Å². The maximum Gasteiger partial charge on any atom is 0.416 e. The Hall–Kier alpha value is -2.25. The largest absolute Gasteiger partial charge is 0.416 e. The van der Waals surface area contributed by atoms with Crippen LogP contribution in [0.15, 0.2) is 29.3 Å². The summed E-state index contributed by atoms with van der Waals surface area (Å²) in [6, 6.07) is 5.33. The molecule has 2 rings (SSSR count). The van der Waals surface area contributed by atoms with Gasteiger partial charge in [-0.05, 0) is 37.5 Å². The fourth-order valence-electron chi connectivity index (χ4n) is 2.03. The standard InChI is InChI=1S/C16H21F3N4O/c1-2-20-15(22-10-14(24)23-13-6-7-13)21-9-11-4-3-5-12(8-11)16(17,18)19/h3-5,8,13H,2,6-7,9-10H2,1H3,(H,23,24)(H2,20,21,22). The zero-order valence-corrected chi connectivity index (χ0v) is 13.4. The van der Waals surface area contributed by atoms with Gasteiger partial charge >= 0.3 is 6.18 Å². The van der Waals surface area contributed by atoms with Crippen LogP contribution in [0.2, 0.25) is 0 Å². The molecule has 0 spiro atoms. The Morgan fingerprint density at radius 3 is 2.67 bits per heavy atom. The number of carbonyl (C=O) groups excluding carboxylic acids is 1. The van der Waals surface area contributed by atoms with Gasteiger partial charge in [0.25, 0.3) is 0 Å². The molecule has 0 saturated heterocycles. The molecule has 0 atom stereocenters. The molecule has 5 nitrogen and oxygen atoms in total. The zero-order valence-electron chi connectivity index (χ0n) is 13.4. The molecular formula is C16H21F3N4O. The maximum absolute atomic E-state index is 12.7. The lowest BCUT2D eigenvalue weighted by atomic mass is 10.1. The number of amides is 1. The van der Waals surface area contributed by atoms with Crippen molar-refractivity contribution < 1.29 is 18.0 Å². The Labute approximate surface area is 138 Å². The molecule has 0 aromatic heterocycles. The van der Waals surface area contributed by atoms with E-state index in [-0.39, 0.29) is 25.0 Å². The molecule has 1 saturated carbocycles. The molecule has 1 aliphatic carbocycles. The second-order valence-corrected chi connectivity index (χ2v) is 5.59. The second kappa shape index (κ2) is 8.03. The summed E-state index contributed by atoms with van der Waals surface area (Å²) in [6.45, 7) is 2.61. The zero-order chi connectivity index (χ0) is 17.6. The number of aliphatic imine (C=N–C) groups is 1. The van der Waals surface area contributed by atoms with Crippen LogP contribution in [0.5, 0.6) is 0 Å². The van der Waals surface area contributed by atoms with Gasteiger partial charge in [-0.25, -0.2) is 4.99 Å². The molecule has 1 aliphatic rings. The van der Waals surface area contributed by atoms with Crippen molar-refractivity contribution in [2.75, 3.05) is 13.1 Å². The molecule has 1 aromatic carbocycles. The smallest absolute Gasteiger partial charge is 0.357 e. The summed E-state index contributed by atoms with van der Waals surface area (Å²) in [7, 11) is 0. The maximum atomic E-state index is 12.7. The third-order valence-corrected chi connectivity index (χ3v) is 3.38. The SMILES string of the molecule is CCNC(=NCc1cccc(C(F)(F)F)c1)NCC(=O)NC1CC1. The minimum atomic E-state index is -4.37. The fraction of sp³-hybridized carbons (Fsp3) is 0.500. The molecule has 3 N–H and O–H groups in total. The van der Waals surface area contributed by atoms with E-state index >= 15 is 0 Å². The minimum absolute atomic E-state index is 0.0743. The summed E-state index contributed by atoms with van der Waals surface area (Å²) >= 11 is 0. The molecule has 0 aliphatic heterocycles. The molecule has 24 heavy (non-hydrogen) atoms. The van der Waals surface area contributed by atoms with Crippen molar-refractivity contribution in [2.24, 2.45) is 4.99 Å². The number of carbonyl (C=O) groups is 1. The Kier molecular flexibility index (Phi) is 6.05. The number of nitrogens with zero attached hydrogens (tertiary/aromatic N) is 1. The van der Waals surface area contributed by atoms with Crippen LogP contribution < -0.4 is 16.0 Å². The first-order chi connectivity index (χ1) is 11.4. The number of hydrogen-bond donors (Lipinski definition) is 3. The van der Waals surface area contributed by atoms with Gasteiger partial charge in [0, 0.05) is 12.6 Å². The quantitative estimate of drug-likeness (QED) is 0.548. The second-order valence-electron chi connectivity index (χ2n) is 5.59. The van der Waals surface area contributed by atoms with Gasteiger partial charge in [-0.2, -0.15) is 13.2 Å². The molecule has 1 aromatic rings. The summed E-state index contributed by atoms with van der Waals surface area (Å²) in [4.78, 5) is 15.9. The number of benzene rings is 1. The van der Waals surface area contributed by atoms with Gasteiger partial charge in [-0.1, -0.05) is 12.1 Å². The first kappa shape index (κ1) is 18.1. The number of halogens is 3. The van der Waals surface area contributed by atoms with Crippen LogP contribution >= 0.6 is 0 Å². The molecule has 0 radical (unpaired) electrons. The highest BCUT2D eigenvalue weighted by molar-refractivity contribution is 5.86. The molecule has 1 fully saturated rings. The van der Waals surface area contributed by atoms with Gasteiger partial charge in [0.2, 0.25) is 5.91 Å². The highest BCUT2D eigenvalue weighted by Gasteiger charge is 2.30. The van der Waals surface area contributed by atoms with Crippen LogP contribution in [0.25, 0.3) is 0 Å². The molecule has 0 unspecified atom stereocenters. The lowest BCUT2D eigenvalue weighted by Gasteiger charge is -2.12. The van der Waals surface area contributed by atoms with E-state index in [0.717, 1.165) is 25.0 Å². The lowest BCUT2D eigenvalue weighted by Crippen LogP contribution is -2.43. The van der Waals surface area contributed by atoms with Gasteiger partial charge in [0.05, 0.1) is 18.7 Å². The predicted molar refractivity (Wildman–Crippen MR) is 85.4 cm³/mol. The van der Waals surface area contributed by atoms with Crippen molar-refractivity contribution in [1.82, 2.24) is 16.0 Å². The summed E-state index contributed by atoms with van der Waals surface area (Å²) < 4.78 is 38.1. The number of rotatable bonds is 6. The van der Waals surface area contributed by atoms with E-state index in [4.69, 9.17) is 0 Å². The van der Waals surface area contributed by atoms with Gasteiger partial charge in [0.1, 0.15) is 0 Å². The minimum Gasteiger partial charge on any atom is -0.357 e. The van der Waals surface area contributed by atoms with E-state index in [9.17, 15) is 18.0 Å². The van der Waals surface area contributed by atoms with E-state index in [1.807, 2.05) is 6.92 Å². The number of nitrogens with one attached hydrogen (secondary N) is 3. The first-order valence-electron chi connectivity index (χ1n) is 7.86. The fourth-order valence-corrected chi connectivity index (χ4v) is 2.03. The summed E-state index contributed by atoms with van der Waals surface area (Å²) in [5.74, 6) is 0.267. The van der Waals surface area contributed by atoms with Crippen molar-refractivity contribution in [2.45, 2.75) is 38.5 Å². The monoisotopic (exact) mass is 342 g/mol. The topological polar surface area (TPSA) is 65.5 Å². The van der Waals surface area contributed by atoms with Crippen LogP contribution in [-0.2, 0) is 17.5 Å². The van der Waals surface area contributed by atoms with E-state index in [2.05, 4.69) is 20.9 Å². The summed E-state index contributed by atoms with van der Waals surface area (Å²) in [5, 5.41) is 8.67. The number of alkyl halides is 3.